The molecule has 1 N–H and O–H groups in total. The fraction of sp³-hybridized carbons (Fsp3) is 0.182. The van der Waals surface area contributed by atoms with Crippen molar-refractivity contribution in [1.82, 2.24) is 4.98 Å². The van der Waals surface area contributed by atoms with Crippen molar-refractivity contribution >= 4 is 27.6 Å². The molecule has 0 aliphatic carbocycles. The maximum Gasteiger partial charge on any atom is 0.307 e. The van der Waals surface area contributed by atoms with Gasteiger partial charge in [-0.25, -0.2) is 8.42 Å². The van der Waals surface area contributed by atoms with E-state index in [0.29, 0.717) is 17.9 Å². The molecule has 156 valence electrons. The molecule has 1 aromatic heterocycles. The number of benzene rings is 2. The Morgan fingerprint density at radius 3 is 2.30 bits per heavy atom. The average molecular weight is 444 g/mol. The fourth-order valence-electron chi connectivity index (χ4n) is 2.73. The third-order valence-electron chi connectivity index (χ3n) is 4.10. The van der Waals surface area contributed by atoms with Crippen molar-refractivity contribution in [3.05, 3.63) is 72.6 Å². The van der Waals surface area contributed by atoms with Gasteiger partial charge in [-0.05, 0) is 66.6 Å². The lowest BCUT2D eigenvalue weighted by Crippen LogP contribution is -2.07. The predicted molar refractivity (Wildman–Crippen MR) is 114 cm³/mol. The number of sulfone groups is 1. The number of aromatic nitrogens is 1. The average Bonchev–Trinajstić information content (AvgIpc) is 2.73. The summed E-state index contributed by atoms with van der Waals surface area (Å²) >= 11 is 1.50. The zero-order valence-electron chi connectivity index (χ0n) is 16.3. The molecule has 0 unspecified atom stereocenters. The normalized spacial score (nSPS) is 11.2. The molecule has 0 atom stereocenters. The Morgan fingerprint density at radius 1 is 1.00 bits per heavy atom. The standard InChI is InChI=1S/C22H21NO5S2/c1-2-11-28-17-12-16(14-22(24)25)13-21(15-17)30(26,27)20-5-3-18(4-6-20)29-19-7-9-23-10-8-19/h3-10,12-13,15H,2,11,14H2,1H3,(H,24,25). The monoisotopic (exact) mass is 443 g/mol. The number of pyridine rings is 1. The highest BCUT2D eigenvalue weighted by Gasteiger charge is 2.20. The summed E-state index contributed by atoms with van der Waals surface area (Å²) in [6.07, 6.45) is 3.86. The van der Waals surface area contributed by atoms with Crippen molar-refractivity contribution in [2.75, 3.05) is 6.61 Å². The van der Waals surface area contributed by atoms with Crippen LogP contribution in [-0.2, 0) is 21.1 Å². The number of rotatable bonds is 9. The summed E-state index contributed by atoms with van der Waals surface area (Å²) in [7, 11) is -3.83. The summed E-state index contributed by atoms with van der Waals surface area (Å²) < 4.78 is 31.9. The number of carboxylic acid groups (broad SMARTS) is 1. The summed E-state index contributed by atoms with van der Waals surface area (Å²) in [4.78, 5) is 17.1. The smallest absolute Gasteiger partial charge is 0.307 e. The first-order chi connectivity index (χ1) is 14.4. The Labute approximate surface area is 179 Å². The van der Waals surface area contributed by atoms with E-state index < -0.39 is 15.8 Å². The molecule has 6 nitrogen and oxygen atoms in total. The van der Waals surface area contributed by atoms with Crippen molar-refractivity contribution < 1.29 is 23.1 Å². The molecule has 8 heteroatoms. The minimum absolute atomic E-state index is 0.0156. The molecule has 0 saturated heterocycles. The molecule has 0 bridgehead atoms. The summed E-state index contributed by atoms with van der Waals surface area (Å²) in [5, 5.41) is 9.10. The van der Waals surface area contributed by atoms with Crippen LogP contribution in [0.3, 0.4) is 0 Å². The van der Waals surface area contributed by atoms with E-state index in [9.17, 15) is 13.2 Å². The lowest BCUT2D eigenvalue weighted by atomic mass is 10.1. The van der Waals surface area contributed by atoms with Crippen molar-refractivity contribution in [3.8, 4) is 5.75 Å². The molecule has 0 aliphatic rings. The molecule has 0 aliphatic heterocycles. The van der Waals surface area contributed by atoms with Gasteiger partial charge in [0.05, 0.1) is 22.8 Å². The maximum absolute atomic E-state index is 13.1. The van der Waals surface area contributed by atoms with E-state index in [4.69, 9.17) is 9.84 Å². The molecule has 0 amide bonds. The molecule has 30 heavy (non-hydrogen) atoms. The van der Waals surface area contributed by atoms with E-state index in [1.807, 2.05) is 19.1 Å². The lowest BCUT2D eigenvalue weighted by Gasteiger charge is -2.11. The molecule has 0 radical (unpaired) electrons. The number of carbonyl (C=O) groups is 1. The Bertz CT molecular complexity index is 1110. The second-order valence-corrected chi connectivity index (χ2v) is 9.59. The molecule has 2 aromatic carbocycles. The molecule has 0 saturated carbocycles. The van der Waals surface area contributed by atoms with Crippen LogP contribution in [0.25, 0.3) is 0 Å². The quantitative estimate of drug-likeness (QED) is 0.521. The van der Waals surface area contributed by atoms with Crippen molar-refractivity contribution in [2.45, 2.75) is 39.3 Å². The minimum Gasteiger partial charge on any atom is -0.494 e. The third-order valence-corrected chi connectivity index (χ3v) is 6.86. The molecule has 0 fully saturated rings. The van der Waals surface area contributed by atoms with Crippen LogP contribution in [-0.4, -0.2) is 31.1 Å². The van der Waals surface area contributed by atoms with E-state index in [0.717, 1.165) is 16.2 Å². The van der Waals surface area contributed by atoms with Gasteiger partial charge in [0.2, 0.25) is 9.84 Å². The van der Waals surface area contributed by atoms with Gasteiger partial charge in [-0.3, -0.25) is 9.78 Å². The number of nitrogens with zero attached hydrogens (tertiary/aromatic N) is 1. The Hall–Kier alpha value is -2.84. The van der Waals surface area contributed by atoms with Gasteiger partial charge in [-0.15, -0.1) is 0 Å². The third kappa shape index (κ3) is 5.61. The van der Waals surface area contributed by atoms with Crippen LogP contribution in [0, 0.1) is 0 Å². The van der Waals surface area contributed by atoms with Gasteiger partial charge >= 0.3 is 5.97 Å². The van der Waals surface area contributed by atoms with Crippen LogP contribution in [0.1, 0.15) is 18.9 Å². The summed E-state index contributed by atoms with van der Waals surface area (Å²) in [6, 6.07) is 14.7. The molecule has 1 heterocycles. The fourth-order valence-corrected chi connectivity index (χ4v) is 4.88. The van der Waals surface area contributed by atoms with Crippen LogP contribution < -0.4 is 4.74 Å². The van der Waals surface area contributed by atoms with Gasteiger partial charge < -0.3 is 9.84 Å². The SMILES string of the molecule is CCCOc1cc(CC(=O)O)cc(S(=O)(=O)c2ccc(Sc3ccncc3)cc2)c1. The van der Waals surface area contributed by atoms with Gasteiger partial charge in [0.1, 0.15) is 5.75 Å². The van der Waals surface area contributed by atoms with Crippen LogP contribution >= 0.6 is 11.8 Å². The van der Waals surface area contributed by atoms with Crippen LogP contribution in [0.15, 0.2) is 86.6 Å². The van der Waals surface area contributed by atoms with Gasteiger partial charge in [0.15, 0.2) is 0 Å². The highest BCUT2D eigenvalue weighted by Crippen LogP contribution is 2.31. The number of carboxylic acids is 1. The minimum atomic E-state index is -3.83. The Morgan fingerprint density at radius 2 is 1.67 bits per heavy atom. The topological polar surface area (TPSA) is 93.6 Å². The van der Waals surface area contributed by atoms with E-state index >= 15 is 0 Å². The molecule has 0 spiro atoms. The van der Waals surface area contributed by atoms with Crippen molar-refractivity contribution in [2.24, 2.45) is 0 Å². The molecule has 3 rings (SSSR count). The summed E-state index contributed by atoms with van der Waals surface area (Å²) in [5.41, 5.74) is 0.375. The zero-order chi connectivity index (χ0) is 21.6. The zero-order valence-corrected chi connectivity index (χ0v) is 17.9. The number of aliphatic carboxylic acids is 1. The van der Waals surface area contributed by atoms with Gasteiger partial charge in [0, 0.05) is 22.2 Å². The van der Waals surface area contributed by atoms with Gasteiger partial charge in [-0.2, -0.15) is 0 Å². The van der Waals surface area contributed by atoms with Crippen LogP contribution in [0.2, 0.25) is 0 Å². The Kier molecular flexibility index (Phi) is 7.12. The molecule has 3 aromatic rings. The summed E-state index contributed by atoms with van der Waals surface area (Å²) in [6.45, 7) is 2.35. The Balaban J connectivity index is 1.90. The first kappa shape index (κ1) is 21.9. The number of hydrogen-bond acceptors (Lipinski definition) is 6. The lowest BCUT2D eigenvalue weighted by molar-refractivity contribution is -0.136. The number of hydrogen-bond donors (Lipinski definition) is 1. The summed E-state index contributed by atoms with van der Waals surface area (Å²) in [5.74, 6) is -0.692. The maximum atomic E-state index is 13.1. The van der Waals surface area contributed by atoms with E-state index in [-0.39, 0.29) is 16.2 Å². The van der Waals surface area contributed by atoms with Gasteiger partial charge in [-0.1, -0.05) is 18.7 Å². The number of ether oxygens (including phenoxy) is 1. The van der Waals surface area contributed by atoms with Crippen LogP contribution in [0.4, 0.5) is 0 Å². The van der Waals surface area contributed by atoms with E-state index in [2.05, 4.69) is 4.98 Å². The van der Waals surface area contributed by atoms with E-state index in [1.165, 1.54) is 23.9 Å². The molecular formula is C22H21NO5S2. The second kappa shape index (κ2) is 9.77. The first-order valence-electron chi connectivity index (χ1n) is 9.30. The van der Waals surface area contributed by atoms with Crippen molar-refractivity contribution in [3.63, 3.8) is 0 Å². The van der Waals surface area contributed by atoms with Crippen molar-refractivity contribution in [1.29, 1.82) is 0 Å². The molecular weight excluding hydrogens is 422 g/mol. The second-order valence-electron chi connectivity index (χ2n) is 6.49. The highest BCUT2D eigenvalue weighted by molar-refractivity contribution is 7.99. The van der Waals surface area contributed by atoms with E-state index in [1.54, 1.807) is 42.7 Å². The van der Waals surface area contributed by atoms with Crippen LogP contribution in [0.5, 0.6) is 5.75 Å². The first-order valence-corrected chi connectivity index (χ1v) is 11.6. The predicted octanol–water partition coefficient (Wildman–Crippen LogP) is 4.48. The highest BCUT2D eigenvalue weighted by atomic mass is 32.2. The van der Waals surface area contributed by atoms with Gasteiger partial charge in [0.25, 0.3) is 0 Å². The largest absolute Gasteiger partial charge is 0.494 e.